The Hall–Kier alpha value is -3.81. The van der Waals surface area contributed by atoms with E-state index in [2.05, 4.69) is 37.2 Å². The van der Waals surface area contributed by atoms with Crippen LogP contribution in [0.15, 0.2) is 106 Å². The Morgan fingerprint density at radius 1 is 0.750 bits per heavy atom. The molecule has 3 N–H and O–H groups in total. The molecular formula is C36H33Br2F3N4O3. The molecule has 0 aliphatic carbocycles. The van der Waals surface area contributed by atoms with Crippen LogP contribution in [0.4, 0.5) is 13.2 Å². The molecule has 0 unspecified atom stereocenters. The number of carbonyl (C=O) groups is 1. The van der Waals surface area contributed by atoms with Crippen LogP contribution < -0.4 is 11.1 Å². The number of nitrogens with one attached hydrogen (secondary N) is 1. The first-order valence-corrected chi connectivity index (χ1v) is 16.8. The fraction of sp³-hybridized carbons (Fsp3) is 0.222. The monoisotopic (exact) mass is 784 g/mol. The van der Waals surface area contributed by atoms with Crippen LogP contribution >= 0.6 is 31.9 Å². The van der Waals surface area contributed by atoms with E-state index < -0.39 is 11.7 Å². The third kappa shape index (κ3) is 9.20. The maximum absolute atomic E-state index is 13.4. The predicted octanol–water partition coefficient (Wildman–Crippen LogP) is 8.20. The number of nitrogens with two attached hydrogens (primary N) is 1. The van der Waals surface area contributed by atoms with Gasteiger partial charge in [0.25, 0.3) is 5.91 Å². The maximum Gasteiger partial charge on any atom is 0.416 e. The summed E-state index contributed by atoms with van der Waals surface area (Å²) in [6.07, 6.45) is -4.46. The summed E-state index contributed by atoms with van der Waals surface area (Å²) in [7, 11) is 0. The zero-order valence-corrected chi connectivity index (χ0v) is 28.9. The van der Waals surface area contributed by atoms with Crippen molar-refractivity contribution in [1.82, 2.24) is 14.9 Å². The number of ether oxygens (including phenoxy) is 2. The van der Waals surface area contributed by atoms with Gasteiger partial charge in [-0.05, 0) is 54.1 Å². The fourth-order valence-corrected chi connectivity index (χ4v) is 5.56. The number of imidazole rings is 1. The van der Waals surface area contributed by atoms with E-state index in [9.17, 15) is 18.0 Å². The van der Waals surface area contributed by atoms with Crippen LogP contribution in [0.5, 0.6) is 0 Å². The number of nitrogens with zero attached hydrogens (tertiary/aromatic N) is 2. The van der Waals surface area contributed by atoms with Crippen LogP contribution in [0.25, 0.3) is 33.9 Å². The lowest BCUT2D eigenvalue weighted by Gasteiger charge is -2.15. The number of benzene rings is 4. The smallest absolute Gasteiger partial charge is 0.378 e. The maximum atomic E-state index is 13.4. The van der Waals surface area contributed by atoms with Gasteiger partial charge in [-0.1, -0.05) is 80.4 Å². The van der Waals surface area contributed by atoms with Crippen molar-refractivity contribution in [3.63, 3.8) is 0 Å². The van der Waals surface area contributed by atoms with Crippen molar-refractivity contribution in [2.45, 2.75) is 12.7 Å². The number of carbonyl (C=O) groups excluding carboxylic acids is 1. The normalized spacial score (nSPS) is 11.5. The lowest BCUT2D eigenvalue weighted by Crippen LogP contribution is -2.27. The molecule has 0 saturated carbocycles. The SMILES string of the molecule is NCCOCCOCCNC(=O)c1ccc(Cn2c(-c3ccc(C(F)(F)F)cc3)nc(-c3ccc(Br)cc3)c2-c2ccc(Br)cc2)cc1. The average molecular weight is 786 g/mol. The van der Waals surface area contributed by atoms with Crippen molar-refractivity contribution in [2.75, 3.05) is 39.5 Å². The molecule has 12 heteroatoms. The summed E-state index contributed by atoms with van der Waals surface area (Å²) in [4.78, 5) is 17.8. The van der Waals surface area contributed by atoms with Crippen molar-refractivity contribution in [1.29, 1.82) is 0 Å². The van der Waals surface area contributed by atoms with Gasteiger partial charge in [0, 0.05) is 50.8 Å². The van der Waals surface area contributed by atoms with Gasteiger partial charge in [-0.3, -0.25) is 4.79 Å². The molecule has 7 nitrogen and oxygen atoms in total. The molecule has 5 rings (SSSR count). The Morgan fingerprint density at radius 3 is 1.90 bits per heavy atom. The summed E-state index contributed by atoms with van der Waals surface area (Å²) in [6.45, 7) is 2.83. The number of alkyl halides is 3. The summed E-state index contributed by atoms with van der Waals surface area (Å²) in [5.41, 5.74) is 9.76. The molecule has 1 heterocycles. The standard InChI is InChI=1S/C36H33Br2F3N4O3/c37-30-13-7-25(8-14-30)32-33(26-9-15-31(38)16-10-26)45(34(44-32)27-5-11-29(12-6-27)36(39,40)41)23-24-1-3-28(4-2-24)35(46)43-18-20-48-22-21-47-19-17-42/h1-16H,17-23,42H2,(H,43,46). The summed E-state index contributed by atoms with van der Waals surface area (Å²) < 4.78 is 54.9. The van der Waals surface area contributed by atoms with E-state index in [1.807, 2.05) is 65.2 Å². The zero-order chi connectivity index (χ0) is 34.1. The fourth-order valence-electron chi connectivity index (χ4n) is 5.03. The van der Waals surface area contributed by atoms with E-state index in [1.54, 1.807) is 12.1 Å². The highest BCUT2D eigenvalue weighted by Crippen LogP contribution is 2.38. The Labute approximate surface area is 293 Å². The first kappa shape index (κ1) is 35.5. The molecule has 0 aliphatic rings. The Kier molecular flexibility index (Phi) is 12.2. The van der Waals surface area contributed by atoms with Gasteiger partial charge in [0.2, 0.25) is 0 Å². The predicted molar refractivity (Wildman–Crippen MR) is 188 cm³/mol. The average Bonchev–Trinajstić information content (AvgIpc) is 3.45. The molecule has 48 heavy (non-hydrogen) atoms. The summed E-state index contributed by atoms with van der Waals surface area (Å²) in [6, 6.07) is 27.8. The van der Waals surface area contributed by atoms with Gasteiger partial charge in [-0.15, -0.1) is 0 Å². The highest BCUT2D eigenvalue weighted by Gasteiger charge is 2.30. The van der Waals surface area contributed by atoms with Crippen LogP contribution in [-0.2, 0) is 22.2 Å². The van der Waals surface area contributed by atoms with Crippen LogP contribution in [0, 0.1) is 0 Å². The molecule has 1 aromatic heterocycles. The lowest BCUT2D eigenvalue weighted by molar-refractivity contribution is -0.137. The molecule has 1 amide bonds. The number of rotatable bonds is 14. The Bertz CT molecular complexity index is 1790. The second-order valence-electron chi connectivity index (χ2n) is 10.8. The molecule has 5 aromatic rings. The summed E-state index contributed by atoms with van der Waals surface area (Å²) >= 11 is 7.01. The van der Waals surface area contributed by atoms with E-state index in [1.165, 1.54) is 12.1 Å². The van der Waals surface area contributed by atoms with E-state index in [-0.39, 0.29) is 5.91 Å². The number of amides is 1. The van der Waals surface area contributed by atoms with Gasteiger partial charge in [-0.25, -0.2) is 4.98 Å². The van der Waals surface area contributed by atoms with Gasteiger partial charge in [0.15, 0.2) is 0 Å². The number of hydrogen-bond donors (Lipinski definition) is 2. The molecule has 0 atom stereocenters. The van der Waals surface area contributed by atoms with Crippen molar-refractivity contribution in [2.24, 2.45) is 5.73 Å². The van der Waals surface area contributed by atoms with Gasteiger partial charge in [-0.2, -0.15) is 13.2 Å². The minimum Gasteiger partial charge on any atom is -0.378 e. The van der Waals surface area contributed by atoms with Crippen molar-refractivity contribution >= 4 is 37.8 Å². The van der Waals surface area contributed by atoms with E-state index in [4.69, 9.17) is 20.2 Å². The Balaban J connectivity index is 1.46. The number of hydrogen-bond acceptors (Lipinski definition) is 5. The minimum atomic E-state index is -4.46. The van der Waals surface area contributed by atoms with Crippen molar-refractivity contribution < 1.29 is 27.4 Å². The molecule has 0 saturated heterocycles. The van der Waals surface area contributed by atoms with Crippen LogP contribution in [0.3, 0.4) is 0 Å². The Morgan fingerprint density at radius 2 is 1.31 bits per heavy atom. The number of aromatic nitrogens is 2. The minimum absolute atomic E-state index is 0.231. The lowest BCUT2D eigenvalue weighted by atomic mass is 10.0. The first-order chi connectivity index (χ1) is 23.1. The summed E-state index contributed by atoms with van der Waals surface area (Å²) in [5.74, 6) is 0.278. The molecule has 0 aliphatic heterocycles. The third-order valence-corrected chi connectivity index (χ3v) is 8.45. The van der Waals surface area contributed by atoms with Gasteiger partial charge in [0.1, 0.15) is 5.82 Å². The van der Waals surface area contributed by atoms with Crippen molar-refractivity contribution in [3.05, 3.63) is 123 Å². The number of halogens is 5. The van der Waals surface area contributed by atoms with E-state index in [0.29, 0.717) is 68.7 Å². The molecule has 0 spiro atoms. The first-order valence-electron chi connectivity index (χ1n) is 15.2. The van der Waals surface area contributed by atoms with Crippen LogP contribution in [0.2, 0.25) is 0 Å². The molecule has 0 radical (unpaired) electrons. The second-order valence-corrected chi connectivity index (χ2v) is 12.6. The molecular weight excluding hydrogens is 753 g/mol. The van der Waals surface area contributed by atoms with E-state index >= 15 is 0 Å². The largest absolute Gasteiger partial charge is 0.416 e. The molecule has 4 aromatic carbocycles. The molecule has 0 bridgehead atoms. The van der Waals surface area contributed by atoms with E-state index in [0.717, 1.165) is 43.5 Å². The highest BCUT2D eigenvalue weighted by molar-refractivity contribution is 9.10. The highest BCUT2D eigenvalue weighted by atomic mass is 79.9. The molecule has 0 fully saturated rings. The van der Waals surface area contributed by atoms with Gasteiger partial charge in [0.05, 0.1) is 43.4 Å². The van der Waals surface area contributed by atoms with Crippen molar-refractivity contribution in [3.8, 4) is 33.9 Å². The zero-order valence-electron chi connectivity index (χ0n) is 25.8. The second kappa shape index (κ2) is 16.5. The van der Waals surface area contributed by atoms with Crippen LogP contribution in [-0.4, -0.2) is 55.0 Å². The third-order valence-electron chi connectivity index (χ3n) is 7.40. The topological polar surface area (TPSA) is 91.4 Å². The quantitative estimate of drug-likeness (QED) is 0.111. The van der Waals surface area contributed by atoms with Crippen LogP contribution in [0.1, 0.15) is 21.5 Å². The van der Waals surface area contributed by atoms with Gasteiger partial charge >= 0.3 is 6.18 Å². The molecule has 250 valence electrons. The van der Waals surface area contributed by atoms with Gasteiger partial charge < -0.3 is 25.1 Å². The summed E-state index contributed by atoms with van der Waals surface area (Å²) in [5, 5.41) is 2.85.